The molecule has 2 heterocycles. The van der Waals surface area contributed by atoms with Gasteiger partial charge in [-0.25, -0.2) is 17.8 Å². The van der Waals surface area contributed by atoms with Crippen LogP contribution in [0.25, 0.3) is 0 Å². The summed E-state index contributed by atoms with van der Waals surface area (Å²) in [5.74, 6) is -4.25. The third-order valence-electron chi connectivity index (χ3n) is 5.54. The lowest BCUT2D eigenvalue weighted by Gasteiger charge is -2.30. The van der Waals surface area contributed by atoms with Gasteiger partial charge in [0.05, 0.1) is 11.8 Å². The maximum atomic E-state index is 13.9. The highest BCUT2D eigenvalue weighted by molar-refractivity contribution is 7.91. The predicted octanol–water partition coefficient (Wildman–Crippen LogP) is 4.85. The summed E-state index contributed by atoms with van der Waals surface area (Å²) in [6.45, 7) is 0.185. The van der Waals surface area contributed by atoms with Crippen LogP contribution in [0.1, 0.15) is 27.2 Å². The molecule has 198 valence electrons. The Hall–Kier alpha value is -3.62. The summed E-state index contributed by atoms with van der Waals surface area (Å²) in [5, 5.41) is 1.91. The number of sulfone groups is 1. The average molecular weight is 550 g/mol. The number of aromatic nitrogens is 2. The molecule has 0 radical (unpaired) electrons. The fourth-order valence-corrected chi connectivity index (χ4v) is 4.95. The zero-order valence-electron chi connectivity index (χ0n) is 18.5. The van der Waals surface area contributed by atoms with Gasteiger partial charge in [0.2, 0.25) is 15.0 Å². The minimum atomic E-state index is -4.98. The number of rotatable bonds is 5. The highest BCUT2D eigenvalue weighted by atomic mass is 32.2. The van der Waals surface area contributed by atoms with E-state index in [9.17, 15) is 43.9 Å². The van der Waals surface area contributed by atoms with Crippen molar-refractivity contribution in [2.24, 2.45) is 0 Å². The molecule has 0 atom stereocenters. The Balaban J connectivity index is 1.50. The minimum Gasteiger partial charge on any atom is -0.355 e. The van der Waals surface area contributed by atoms with E-state index in [-0.39, 0.29) is 30.9 Å². The SMILES string of the molecule is O=C(c1cnc(S(=O)(=O)CC(F)(F)F)[nH]1)N1CCc2c(cccc2Nc2ccc(C(F)(F)F)c(F)c2)C1. The number of anilines is 2. The van der Waals surface area contributed by atoms with Crippen LogP contribution in [-0.2, 0) is 29.0 Å². The van der Waals surface area contributed by atoms with Crippen LogP contribution in [0.15, 0.2) is 47.8 Å². The number of halogens is 7. The van der Waals surface area contributed by atoms with E-state index in [4.69, 9.17) is 0 Å². The Kier molecular flexibility index (Phi) is 6.69. The minimum absolute atomic E-state index is 0.0503. The molecule has 1 aromatic heterocycles. The van der Waals surface area contributed by atoms with E-state index in [1.54, 1.807) is 18.2 Å². The van der Waals surface area contributed by atoms with Gasteiger partial charge in [-0.2, -0.15) is 26.3 Å². The number of carbonyl (C=O) groups is 1. The molecule has 0 saturated carbocycles. The van der Waals surface area contributed by atoms with E-state index >= 15 is 0 Å². The summed E-state index contributed by atoms with van der Waals surface area (Å²) in [6.07, 6.45) is -8.69. The summed E-state index contributed by atoms with van der Waals surface area (Å²) >= 11 is 0. The molecule has 1 aliphatic heterocycles. The van der Waals surface area contributed by atoms with Gasteiger partial charge in [0.15, 0.2) is 5.75 Å². The number of benzene rings is 2. The highest BCUT2D eigenvalue weighted by Crippen LogP contribution is 2.34. The van der Waals surface area contributed by atoms with Gasteiger partial charge in [-0.1, -0.05) is 12.1 Å². The lowest BCUT2D eigenvalue weighted by molar-refractivity contribution is -0.140. The van der Waals surface area contributed by atoms with Gasteiger partial charge >= 0.3 is 12.4 Å². The van der Waals surface area contributed by atoms with Crippen LogP contribution in [-0.4, -0.2) is 47.7 Å². The van der Waals surface area contributed by atoms with E-state index in [1.165, 1.54) is 4.90 Å². The molecule has 1 aliphatic rings. The number of aromatic amines is 1. The van der Waals surface area contributed by atoms with Crippen LogP contribution in [0.2, 0.25) is 0 Å². The van der Waals surface area contributed by atoms with Crippen molar-refractivity contribution in [3.63, 3.8) is 0 Å². The number of alkyl halides is 6. The topological polar surface area (TPSA) is 95.2 Å². The predicted molar refractivity (Wildman–Crippen MR) is 116 cm³/mol. The van der Waals surface area contributed by atoms with Gasteiger partial charge in [0.25, 0.3) is 5.91 Å². The maximum absolute atomic E-state index is 13.9. The van der Waals surface area contributed by atoms with E-state index in [1.807, 2.05) is 0 Å². The number of imidazole rings is 1. The van der Waals surface area contributed by atoms with Crippen LogP contribution in [0.3, 0.4) is 0 Å². The highest BCUT2D eigenvalue weighted by Gasteiger charge is 2.38. The van der Waals surface area contributed by atoms with E-state index in [0.717, 1.165) is 23.9 Å². The molecule has 1 amide bonds. The Bertz CT molecular complexity index is 1450. The Morgan fingerprint density at radius 3 is 2.49 bits per heavy atom. The standard InChI is InChI=1S/C22H17F7N4O3S/c23-16-8-13(4-5-15(16)22(27,28)29)31-17-3-1-2-12-10-33(7-6-14(12)17)19(34)18-9-30-20(32-18)37(35,36)11-21(24,25)26/h1-5,8-9,31H,6-7,10-11H2,(H,30,32). The first-order chi connectivity index (χ1) is 17.1. The molecule has 3 aromatic rings. The fraction of sp³-hybridized carbons (Fsp3) is 0.273. The van der Waals surface area contributed by atoms with Crippen molar-refractivity contribution in [1.29, 1.82) is 0 Å². The van der Waals surface area contributed by atoms with E-state index in [2.05, 4.69) is 15.3 Å². The normalized spacial score (nSPS) is 14.4. The van der Waals surface area contributed by atoms with Gasteiger partial charge in [-0.3, -0.25) is 4.79 Å². The smallest absolute Gasteiger partial charge is 0.355 e. The van der Waals surface area contributed by atoms with Crippen molar-refractivity contribution in [3.05, 3.63) is 70.8 Å². The molecule has 0 spiro atoms. The lowest BCUT2D eigenvalue weighted by Crippen LogP contribution is -2.36. The lowest BCUT2D eigenvalue weighted by atomic mass is 9.97. The largest absolute Gasteiger partial charge is 0.419 e. The number of hydrogen-bond donors (Lipinski definition) is 2. The van der Waals surface area contributed by atoms with Crippen molar-refractivity contribution in [1.82, 2.24) is 14.9 Å². The van der Waals surface area contributed by atoms with Gasteiger partial charge in [0, 0.05) is 24.5 Å². The molecular formula is C22H17F7N4O3S. The number of fused-ring (bicyclic) bond motifs is 1. The van der Waals surface area contributed by atoms with Crippen LogP contribution in [0.5, 0.6) is 0 Å². The monoisotopic (exact) mass is 550 g/mol. The third-order valence-corrected chi connectivity index (χ3v) is 7.04. The molecule has 4 rings (SSSR count). The van der Waals surface area contributed by atoms with E-state index in [0.29, 0.717) is 17.3 Å². The zero-order chi connectivity index (χ0) is 27.2. The maximum Gasteiger partial charge on any atom is 0.419 e. The summed E-state index contributed by atoms with van der Waals surface area (Å²) < 4.78 is 114. The first-order valence-corrected chi connectivity index (χ1v) is 12.2. The quantitative estimate of drug-likeness (QED) is 0.444. The van der Waals surface area contributed by atoms with Crippen molar-refractivity contribution < 1.29 is 43.9 Å². The second-order valence-corrected chi connectivity index (χ2v) is 10.1. The molecule has 0 unspecified atom stereocenters. The number of H-pyrrole nitrogens is 1. The second kappa shape index (κ2) is 9.36. The average Bonchev–Trinajstić information content (AvgIpc) is 3.27. The van der Waals surface area contributed by atoms with Crippen molar-refractivity contribution in [2.45, 2.75) is 30.5 Å². The number of carbonyl (C=O) groups excluding carboxylic acids is 1. The summed E-state index contributed by atoms with van der Waals surface area (Å²) in [5.41, 5.74) is 0.258. The molecule has 2 N–H and O–H groups in total. The zero-order valence-corrected chi connectivity index (χ0v) is 19.4. The number of nitrogens with one attached hydrogen (secondary N) is 2. The van der Waals surface area contributed by atoms with Crippen LogP contribution >= 0.6 is 0 Å². The summed E-state index contributed by atoms with van der Waals surface area (Å²) in [6, 6.07) is 7.39. The third kappa shape index (κ3) is 5.87. The first kappa shape index (κ1) is 26.4. The van der Waals surface area contributed by atoms with Crippen LogP contribution < -0.4 is 5.32 Å². The van der Waals surface area contributed by atoms with Crippen molar-refractivity contribution in [2.75, 3.05) is 17.6 Å². The van der Waals surface area contributed by atoms with Crippen LogP contribution in [0.4, 0.5) is 42.1 Å². The van der Waals surface area contributed by atoms with Gasteiger partial charge in [0.1, 0.15) is 11.5 Å². The first-order valence-electron chi connectivity index (χ1n) is 10.5. The molecule has 37 heavy (non-hydrogen) atoms. The summed E-state index contributed by atoms with van der Waals surface area (Å²) in [4.78, 5) is 19.7. The molecule has 0 aliphatic carbocycles. The number of amides is 1. The molecule has 7 nitrogen and oxygen atoms in total. The number of hydrogen-bond acceptors (Lipinski definition) is 5. The molecule has 0 saturated heterocycles. The number of nitrogens with zero attached hydrogens (tertiary/aromatic N) is 2. The molecule has 0 bridgehead atoms. The Morgan fingerprint density at radius 1 is 1.11 bits per heavy atom. The van der Waals surface area contributed by atoms with Gasteiger partial charge < -0.3 is 15.2 Å². The van der Waals surface area contributed by atoms with Crippen molar-refractivity contribution in [3.8, 4) is 0 Å². The second-order valence-electron chi connectivity index (χ2n) is 8.21. The molecule has 2 aromatic carbocycles. The molecular weight excluding hydrogens is 533 g/mol. The molecule has 0 fully saturated rings. The van der Waals surface area contributed by atoms with Gasteiger partial charge in [-0.15, -0.1) is 0 Å². The Labute approximate surface area is 205 Å². The Morgan fingerprint density at radius 2 is 1.84 bits per heavy atom. The van der Waals surface area contributed by atoms with Gasteiger partial charge in [-0.05, 0) is 41.8 Å². The van der Waals surface area contributed by atoms with E-state index < -0.39 is 50.4 Å². The summed E-state index contributed by atoms with van der Waals surface area (Å²) in [7, 11) is -4.82. The fourth-order valence-electron chi connectivity index (χ4n) is 3.90. The van der Waals surface area contributed by atoms with Crippen LogP contribution in [0, 0.1) is 5.82 Å². The molecule has 15 heteroatoms. The van der Waals surface area contributed by atoms with Crippen molar-refractivity contribution >= 4 is 27.1 Å².